The maximum atomic E-state index is 12.7. The summed E-state index contributed by atoms with van der Waals surface area (Å²) in [6.07, 6.45) is -4.38. The number of hydrogen-bond donors (Lipinski definition) is 1. The number of amides is 1. The SMILES string of the molecule is CC(CC(N)=O)n1c(CCl)nc2cc(C(F)(F)F)ccc21. The van der Waals surface area contributed by atoms with E-state index in [0.717, 1.165) is 12.1 Å². The molecule has 2 N–H and O–H groups in total. The molecule has 0 fully saturated rings. The number of rotatable bonds is 4. The van der Waals surface area contributed by atoms with E-state index in [-0.39, 0.29) is 23.9 Å². The second kappa shape index (κ2) is 5.55. The number of nitrogens with zero attached hydrogens (tertiary/aromatic N) is 2. The topological polar surface area (TPSA) is 60.9 Å². The number of primary amides is 1. The molecule has 2 aromatic rings. The molecule has 1 aromatic heterocycles. The van der Waals surface area contributed by atoms with E-state index < -0.39 is 17.6 Å². The second-order valence-corrected chi connectivity index (χ2v) is 5.02. The van der Waals surface area contributed by atoms with Gasteiger partial charge in [0.05, 0.1) is 22.5 Å². The fourth-order valence-corrected chi connectivity index (χ4v) is 2.48. The van der Waals surface area contributed by atoms with Gasteiger partial charge in [0.25, 0.3) is 0 Å². The van der Waals surface area contributed by atoms with Crippen molar-refractivity contribution in [1.29, 1.82) is 0 Å². The van der Waals surface area contributed by atoms with Crippen LogP contribution in [0.5, 0.6) is 0 Å². The lowest BCUT2D eigenvalue weighted by atomic mass is 10.1. The van der Waals surface area contributed by atoms with Crippen LogP contribution < -0.4 is 5.73 Å². The van der Waals surface area contributed by atoms with Gasteiger partial charge in [-0.3, -0.25) is 4.79 Å². The van der Waals surface area contributed by atoms with Crippen molar-refractivity contribution in [3.63, 3.8) is 0 Å². The number of alkyl halides is 4. The number of imidazole rings is 1. The molecule has 114 valence electrons. The fourth-order valence-electron chi connectivity index (χ4n) is 2.29. The number of fused-ring (bicyclic) bond motifs is 1. The second-order valence-electron chi connectivity index (χ2n) is 4.75. The Morgan fingerprint density at radius 1 is 1.48 bits per heavy atom. The van der Waals surface area contributed by atoms with Crippen molar-refractivity contribution in [2.75, 3.05) is 0 Å². The molecular weight excluding hydrogens is 307 g/mol. The quantitative estimate of drug-likeness (QED) is 0.879. The van der Waals surface area contributed by atoms with Crippen LogP contribution in [0.15, 0.2) is 18.2 Å². The van der Waals surface area contributed by atoms with Crippen molar-refractivity contribution in [1.82, 2.24) is 9.55 Å². The molecule has 0 saturated carbocycles. The predicted octanol–water partition coefficient (Wildman–Crippen LogP) is 3.23. The van der Waals surface area contributed by atoms with Gasteiger partial charge in [0.1, 0.15) is 5.82 Å². The molecule has 0 aliphatic carbocycles. The Labute approximate surface area is 123 Å². The van der Waals surface area contributed by atoms with Crippen LogP contribution in [0.3, 0.4) is 0 Å². The lowest BCUT2D eigenvalue weighted by Gasteiger charge is -2.15. The zero-order chi connectivity index (χ0) is 15.8. The molecule has 0 aliphatic heterocycles. The number of carbonyl (C=O) groups is 1. The average Bonchev–Trinajstić information content (AvgIpc) is 2.74. The molecule has 1 heterocycles. The molecular formula is C13H13ClF3N3O. The first-order chi connectivity index (χ1) is 9.74. The van der Waals surface area contributed by atoms with Gasteiger partial charge in [0.15, 0.2) is 0 Å². The Bertz CT molecular complexity index is 681. The predicted molar refractivity (Wildman–Crippen MR) is 72.8 cm³/mol. The van der Waals surface area contributed by atoms with E-state index >= 15 is 0 Å². The van der Waals surface area contributed by atoms with Crippen LogP contribution >= 0.6 is 11.6 Å². The van der Waals surface area contributed by atoms with Crippen LogP contribution in [-0.4, -0.2) is 15.5 Å². The molecule has 1 aromatic carbocycles. The van der Waals surface area contributed by atoms with Gasteiger partial charge in [-0.25, -0.2) is 4.98 Å². The van der Waals surface area contributed by atoms with Crippen molar-refractivity contribution in [3.05, 3.63) is 29.6 Å². The van der Waals surface area contributed by atoms with Crippen molar-refractivity contribution in [2.24, 2.45) is 5.73 Å². The largest absolute Gasteiger partial charge is 0.416 e. The first kappa shape index (κ1) is 15.6. The highest BCUT2D eigenvalue weighted by molar-refractivity contribution is 6.16. The summed E-state index contributed by atoms with van der Waals surface area (Å²) in [6.45, 7) is 1.74. The Kier molecular flexibility index (Phi) is 4.13. The molecule has 4 nitrogen and oxygen atoms in total. The van der Waals surface area contributed by atoms with Gasteiger partial charge in [0.2, 0.25) is 5.91 Å². The van der Waals surface area contributed by atoms with E-state index in [9.17, 15) is 18.0 Å². The van der Waals surface area contributed by atoms with Crippen molar-refractivity contribution in [3.8, 4) is 0 Å². The molecule has 1 amide bonds. The lowest BCUT2D eigenvalue weighted by molar-refractivity contribution is -0.137. The van der Waals surface area contributed by atoms with E-state index in [1.165, 1.54) is 6.07 Å². The summed E-state index contributed by atoms with van der Waals surface area (Å²) in [6, 6.07) is 2.95. The van der Waals surface area contributed by atoms with Crippen LogP contribution in [-0.2, 0) is 16.9 Å². The van der Waals surface area contributed by atoms with Crippen LogP contribution in [0.4, 0.5) is 13.2 Å². The summed E-state index contributed by atoms with van der Waals surface area (Å²) >= 11 is 5.79. The van der Waals surface area contributed by atoms with Gasteiger partial charge >= 0.3 is 6.18 Å². The van der Waals surface area contributed by atoms with Crippen LogP contribution in [0.25, 0.3) is 11.0 Å². The van der Waals surface area contributed by atoms with Gasteiger partial charge < -0.3 is 10.3 Å². The third-order valence-corrected chi connectivity index (χ3v) is 3.39. The van der Waals surface area contributed by atoms with E-state index in [0.29, 0.717) is 11.3 Å². The summed E-state index contributed by atoms with van der Waals surface area (Å²) in [5.41, 5.74) is 5.07. The zero-order valence-electron chi connectivity index (χ0n) is 11.1. The molecule has 0 aliphatic rings. The highest BCUT2D eigenvalue weighted by atomic mass is 35.5. The monoisotopic (exact) mass is 319 g/mol. The summed E-state index contributed by atoms with van der Waals surface area (Å²) in [5, 5.41) is 0. The van der Waals surface area contributed by atoms with Crippen LogP contribution in [0, 0.1) is 0 Å². The minimum Gasteiger partial charge on any atom is -0.370 e. The van der Waals surface area contributed by atoms with Crippen LogP contribution in [0.2, 0.25) is 0 Å². The Hall–Kier alpha value is -1.76. The number of hydrogen-bond acceptors (Lipinski definition) is 2. The molecule has 0 spiro atoms. The minimum atomic E-state index is -4.43. The molecule has 8 heteroatoms. The number of benzene rings is 1. The fraction of sp³-hybridized carbons (Fsp3) is 0.385. The maximum absolute atomic E-state index is 12.7. The average molecular weight is 320 g/mol. The summed E-state index contributed by atoms with van der Waals surface area (Å²) in [4.78, 5) is 15.1. The van der Waals surface area contributed by atoms with Gasteiger partial charge in [-0.1, -0.05) is 0 Å². The molecule has 1 atom stereocenters. The molecule has 0 radical (unpaired) electrons. The maximum Gasteiger partial charge on any atom is 0.416 e. The first-order valence-corrected chi connectivity index (χ1v) is 6.69. The summed E-state index contributed by atoms with van der Waals surface area (Å²) in [5.74, 6) is -0.0735. The summed E-state index contributed by atoms with van der Waals surface area (Å²) < 4.78 is 39.8. The number of carbonyl (C=O) groups excluding carboxylic acids is 1. The first-order valence-electron chi connectivity index (χ1n) is 6.16. The Balaban J connectivity index is 2.57. The molecule has 1 unspecified atom stereocenters. The van der Waals surface area contributed by atoms with Gasteiger partial charge in [0, 0.05) is 12.5 Å². The zero-order valence-corrected chi connectivity index (χ0v) is 11.9. The number of aromatic nitrogens is 2. The van der Waals surface area contributed by atoms with Crippen molar-refractivity contribution >= 4 is 28.5 Å². The highest BCUT2D eigenvalue weighted by Gasteiger charge is 2.31. The third kappa shape index (κ3) is 3.12. The highest BCUT2D eigenvalue weighted by Crippen LogP contribution is 2.32. The van der Waals surface area contributed by atoms with Crippen molar-refractivity contribution < 1.29 is 18.0 Å². The Morgan fingerprint density at radius 3 is 2.67 bits per heavy atom. The third-order valence-electron chi connectivity index (χ3n) is 3.15. The molecule has 0 saturated heterocycles. The smallest absolute Gasteiger partial charge is 0.370 e. The van der Waals surface area contributed by atoms with Gasteiger partial charge in [-0.2, -0.15) is 13.2 Å². The van der Waals surface area contributed by atoms with Crippen molar-refractivity contribution in [2.45, 2.75) is 31.4 Å². The molecule has 2 rings (SSSR count). The Morgan fingerprint density at radius 2 is 2.14 bits per heavy atom. The minimum absolute atomic E-state index is 0.0269. The van der Waals surface area contributed by atoms with Gasteiger partial charge in [-0.15, -0.1) is 11.6 Å². The standard InChI is InChI=1S/C13H13ClF3N3O/c1-7(4-11(18)21)20-10-3-2-8(13(15,16)17)5-9(10)19-12(20)6-14/h2-3,5,7H,4,6H2,1H3,(H2,18,21). The molecule has 0 bridgehead atoms. The number of nitrogens with two attached hydrogens (primary N) is 1. The normalized spacial score (nSPS) is 13.6. The molecule has 21 heavy (non-hydrogen) atoms. The lowest BCUT2D eigenvalue weighted by Crippen LogP contribution is -2.18. The van der Waals surface area contributed by atoms with Crippen LogP contribution in [0.1, 0.15) is 30.8 Å². The number of halogens is 4. The van der Waals surface area contributed by atoms with E-state index in [1.54, 1.807) is 11.5 Å². The van der Waals surface area contributed by atoms with Gasteiger partial charge in [-0.05, 0) is 25.1 Å². The van der Waals surface area contributed by atoms with E-state index in [2.05, 4.69) is 4.98 Å². The summed E-state index contributed by atoms with van der Waals surface area (Å²) in [7, 11) is 0. The van der Waals surface area contributed by atoms with E-state index in [4.69, 9.17) is 17.3 Å². The van der Waals surface area contributed by atoms with E-state index in [1.807, 2.05) is 0 Å².